The van der Waals surface area contributed by atoms with Crippen LogP contribution < -0.4 is 5.32 Å². The molecule has 3 spiro atoms. The van der Waals surface area contributed by atoms with Gasteiger partial charge in [0, 0.05) is 42.9 Å². The number of hydrogen-bond donors (Lipinski definition) is 3. The summed E-state index contributed by atoms with van der Waals surface area (Å²) >= 11 is 0. The molecular formula is C37H39N3O9. The van der Waals surface area contributed by atoms with Gasteiger partial charge in [-0.3, -0.25) is 19.8 Å². The molecule has 1 aromatic heterocycles. The summed E-state index contributed by atoms with van der Waals surface area (Å²) in [7, 11) is 1.46. The number of nitrogens with one attached hydrogen (secondary N) is 2. The predicted molar refractivity (Wildman–Crippen MR) is 171 cm³/mol. The SMILES string of the molecule is CO[C@H]1C[C@H]2C=C[C@H]3[C@@H]4[C@H](OC(=O)c5ccc[nH]5)[C@H](C)[C@]5(O)N[C@@]36C45O[C@@]26/C(C)=C/[C@@H](C)[C@@H]([C@H](C)N2C(=O)c3ccccc3C2=O)OC1=O. The molecule has 256 valence electrons. The maximum atomic E-state index is 13.8. The van der Waals surface area contributed by atoms with Crippen molar-refractivity contribution in [2.75, 3.05) is 7.11 Å². The van der Waals surface area contributed by atoms with Crippen LogP contribution in [0.2, 0.25) is 0 Å². The summed E-state index contributed by atoms with van der Waals surface area (Å²) in [5.74, 6) is -3.62. The Balaban J connectivity index is 1.09. The Labute approximate surface area is 282 Å². The van der Waals surface area contributed by atoms with Crippen molar-refractivity contribution in [1.82, 2.24) is 15.2 Å². The van der Waals surface area contributed by atoms with E-state index in [1.165, 1.54) is 12.0 Å². The largest absolute Gasteiger partial charge is 0.458 e. The van der Waals surface area contributed by atoms with Crippen LogP contribution in [0.1, 0.15) is 65.3 Å². The van der Waals surface area contributed by atoms with Crippen LogP contribution >= 0.6 is 0 Å². The minimum absolute atomic E-state index is 0.133. The van der Waals surface area contributed by atoms with Gasteiger partial charge in [0.2, 0.25) is 0 Å². The van der Waals surface area contributed by atoms with E-state index in [4.69, 9.17) is 18.9 Å². The van der Waals surface area contributed by atoms with Gasteiger partial charge in [0.1, 0.15) is 29.1 Å². The standard InChI is InChI=1S/C37H39N3O9/c1-17-15-18(2)34-21(16-26(46-5)33(44)47-28(17)20(4)40-30(41)22-9-6-7-10-23(22)31(40)42)12-13-24-27-29(48-32(43)25-11-8-14-38-25)19(3)37(45)36(27,49-34)35(24,34)39-37/h6-15,17,19-21,24,26-29,38-39,45H,16H2,1-5H3/b18-15+/t17-,19+,20+,21-,24+,26+,27-,28+,29-,34+,35+,36?,37-/m1/s1. The molecule has 9 rings (SSSR count). The van der Waals surface area contributed by atoms with Crippen LogP contribution in [0.4, 0.5) is 0 Å². The molecular weight excluding hydrogens is 630 g/mol. The van der Waals surface area contributed by atoms with E-state index in [1.54, 1.807) is 49.5 Å². The number of fused-ring (bicyclic) bond motifs is 2. The zero-order chi connectivity index (χ0) is 34.4. The smallest absolute Gasteiger partial charge is 0.355 e. The molecule has 3 N–H and O–H groups in total. The zero-order valence-electron chi connectivity index (χ0n) is 27.8. The third-order valence-electron chi connectivity index (χ3n) is 13.0. The molecule has 2 saturated heterocycles. The van der Waals surface area contributed by atoms with E-state index < -0.39 is 82.4 Å². The lowest BCUT2D eigenvalue weighted by Crippen LogP contribution is -3.13. The van der Waals surface area contributed by atoms with Gasteiger partial charge in [-0.2, -0.15) is 0 Å². The summed E-state index contributed by atoms with van der Waals surface area (Å²) in [6, 6.07) is 9.27. The number of imide groups is 1. The molecule has 2 amide bonds. The summed E-state index contributed by atoms with van der Waals surface area (Å²) in [6.45, 7) is 7.49. The molecule has 49 heavy (non-hydrogen) atoms. The Bertz CT molecular complexity index is 1850. The number of ether oxygens (including phenoxy) is 4. The number of methoxy groups -OCH3 is 1. The van der Waals surface area contributed by atoms with Crippen molar-refractivity contribution >= 4 is 23.8 Å². The highest BCUT2D eigenvalue weighted by Gasteiger charge is 3.06. The van der Waals surface area contributed by atoms with Gasteiger partial charge in [0.05, 0.1) is 22.7 Å². The van der Waals surface area contributed by atoms with E-state index in [0.717, 1.165) is 5.57 Å². The average Bonchev–Trinajstić information content (AvgIpc) is 3.72. The van der Waals surface area contributed by atoms with Gasteiger partial charge in [-0.15, -0.1) is 0 Å². The lowest BCUT2D eigenvalue weighted by atomic mass is 9.29. The van der Waals surface area contributed by atoms with Crippen LogP contribution in [-0.4, -0.2) is 92.7 Å². The molecule has 0 radical (unpaired) electrons. The highest BCUT2D eigenvalue weighted by molar-refractivity contribution is 6.21. The van der Waals surface area contributed by atoms with Crippen LogP contribution in [0, 0.1) is 29.6 Å². The van der Waals surface area contributed by atoms with Crippen LogP contribution in [0.15, 0.2) is 66.4 Å². The Morgan fingerprint density at radius 1 is 1.08 bits per heavy atom. The first-order valence-corrected chi connectivity index (χ1v) is 17.0. The average molecular weight is 670 g/mol. The molecule has 2 aromatic rings. The molecule has 4 fully saturated rings. The Kier molecular flexibility index (Phi) is 6.17. The molecule has 2 saturated carbocycles. The number of aliphatic hydroxyl groups is 1. The summed E-state index contributed by atoms with van der Waals surface area (Å²) in [5.41, 5.74) is -2.26. The maximum Gasteiger partial charge on any atom is 0.355 e. The summed E-state index contributed by atoms with van der Waals surface area (Å²) in [6.07, 6.45) is 5.61. The molecule has 12 heteroatoms. The van der Waals surface area contributed by atoms with Crippen molar-refractivity contribution in [3.05, 3.63) is 83.2 Å². The number of H-pyrrole nitrogens is 1. The first-order chi connectivity index (χ1) is 23.4. The van der Waals surface area contributed by atoms with Gasteiger partial charge in [0.15, 0.2) is 11.8 Å². The number of nitrogens with zero attached hydrogens (tertiary/aromatic N) is 1. The van der Waals surface area contributed by atoms with E-state index in [0.29, 0.717) is 16.8 Å². The number of hydrogen-bond acceptors (Lipinski definition) is 10. The lowest BCUT2D eigenvalue weighted by Gasteiger charge is -2.92. The lowest BCUT2D eigenvalue weighted by molar-refractivity contribution is -0.536. The fourth-order valence-electron chi connectivity index (χ4n) is 11.0. The molecule has 12 nitrogen and oxygen atoms in total. The number of amides is 2. The molecule has 1 unspecified atom stereocenters. The maximum absolute atomic E-state index is 13.8. The van der Waals surface area contributed by atoms with Crippen molar-refractivity contribution in [3.8, 4) is 0 Å². The minimum atomic E-state index is -1.43. The molecule has 3 aliphatic carbocycles. The second-order valence-corrected chi connectivity index (χ2v) is 14.9. The number of carbonyl (C=O) groups excluding carboxylic acids is 4. The fourth-order valence-corrected chi connectivity index (χ4v) is 11.0. The van der Waals surface area contributed by atoms with Gasteiger partial charge in [-0.05, 0) is 50.1 Å². The monoisotopic (exact) mass is 669 g/mol. The van der Waals surface area contributed by atoms with Crippen LogP contribution in [-0.2, 0) is 23.7 Å². The number of aromatic nitrogens is 1. The number of carbonyl (C=O) groups is 4. The van der Waals surface area contributed by atoms with Crippen molar-refractivity contribution in [2.24, 2.45) is 29.6 Å². The Morgan fingerprint density at radius 2 is 1.80 bits per heavy atom. The topological polar surface area (TPSA) is 156 Å². The highest BCUT2D eigenvalue weighted by atomic mass is 16.6. The first kappa shape index (κ1) is 30.9. The number of benzene rings is 1. The van der Waals surface area contributed by atoms with E-state index in [1.807, 2.05) is 26.8 Å². The third-order valence-corrected chi connectivity index (χ3v) is 13.0. The summed E-state index contributed by atoms with van der Waals surface area (Å²) in [5, 5.41) is 15.8. The molecule has 1 aromatic carbocycles. The van der Waals surface area contributed by atoms with Crippen LogP contribution in [0.3, 0.4) is 0 Å². The summed E-state index contributed by atoms with van der Waals surface area (Å²) in [4.78, 5) is 58.0. The van der Waals surface area contributed by atoms with Gasteiger partial charge in [-0.25, -0.2) is 9.59 Å². The summed E-state index contributed by atoms with van der Waals surface area (Å²) < 4.78 is 25.2. The normalized spacial score (nSPS) is 45.6. The quantitative estimate of drug-likeness (QED) is 0.246. The van der Waals surface area contributed by atoms with Crippen LogP contribution in [0.5, 0.6) is 0 Å². The van der Waals surface area contributed by atoms with Crippen molar-refractivity contribution in [3.63, 3.8) is 0 Å². The van der Waals surface area contributed by atoms with Crippen LogP contribution in [0.25, 0.3) is 0 Å². The number of piperidine rings is 1. The number of cyclic esters (lactones) is 1. The molecule has 13 atom stereocenters. The molecule has 7 aliphatic rings. The molecule has 5 heterocycles. The number of morpholine rings is 1. The van der Waals surface area contributed by atoms with E-state index in [-0.39, 0.29) is 24.2 Å². The number of rotatable bonds is 5. The van der Waals surface area contributed by atoms with Crippen molar-refractivity contribution < 1.29 is 43.2 Å². The minimum Gasteiger partial charge on any atom is -0.458 e. The van der Waals surface area contributed by atoms with E-state index >= 15 is 0 Å². The third kappa shape index (κ3) is 3.25. The van der Waals surface area contributed by atoms with Gasteiger partial charge >= 0.3 is 11.9 Å². The Morgan fingerprint density at radius 3 is 2.45 bits per heavy atom. The fraction of sp³-hybridized carbons (Fsp3) is 0.514. The van der Waals surface area contributed by atoms with E-state index in [2.05, 4.69) is 22.5 Å². The Hall–Kier alpha value is -4.10. The first-order valence-electron chi connectivity index (χ1n) is 17.0. The van der Waals surface area contributed by atoms with E-state index in [9.17, 15) is 24.3 Å². The van der Waals surface area contributed by atoms with Gasteiger partial charge < -0.3 is 29.0 Å². The van der Waals surface area contributed by atoms with Crippen molar-refractivity contribution in [2.45, 2.75) is 80.9 Å². The highest BCUT2D eigenvalue weighted by Crippen LogP contribution is 2.87. The number of esters is 2. The van der Waals surface area contributed by atoms with Crippen molar-refractivity contribution in [1.29, 1.82) is 0 Å². The second-order valence-electron chi connectivity index (χ2n) is 14.9. The van der Waals surface area contributed by atoms with Gasteiger partial charge in [0.25, 0.3) is 11.8 Å². The second kappa shape index (κ2) is 9.78. The zero-order valence-corrected chi connectivity index (χ0v) is 27.8. The molecule has 0 bridgehead atoms. The predicted octanol–water partition coefficient (Wildman–Crippen LogP) is 2.76. The van der Waals surface area contributed by atoms with Gasteiger partial charge in [-0.1, -0.05) is 44.2 Å². The number of aromatic amines is 1. The molecule has 4 aliphatic heterocycles.